The largest absolute Gasteiger partial charge is 0.314 e. The molecule has 0 amide bonds. The molecule has 2 heteroatoms. The van der Waals surface area contributed by atoms with Gasteiger partial charge in [0.05, 0.1) is 0 Å². The van der Waals surface area contributed by atoms with Gasteiger partial charge in [0.25, 0.3) is 0 Å². The lowest BCUT2D eigenvalue weighted by atomic mass is 10.1. The second kappa shape index (κ2) is 20.2. The Morgan fingerprint density at radius 3 is 1.21 bits per heavy atom. The van der Waals surface area contributed by atoms with Gasteiger partial charge in [-0.2, -0.15) is 5.06 Å². The van der Waals surface area contributed by atoms with E-state index in [4.69, 9.17) is 0 Å². The Morgan fingerprint density at radius 2 is 0.895 bits per heavy atom. The van der Waals surface area contributed by atoms with Gasteiger partial charge in [-0.05, 0) is 12.8 Å². The fraction of sp³-hybridized carbons (Fsp3) is 1.00. The fourth-order valence-electron chi connectivity index (χ4n) is 1.91. The Hall–Kier alpha value is -0.0800. The third-order valence-electron chi connectivity index (χ3n) is 3.04. The summed E-state index contributed by atoms with van der Waals surface area (Å²) in [6.07, 6.45) is 14.0. The molecule has 2 nitrogen and oxygen atoms in total. The van der Waals surface area contributed by atoms with Crippen LogP contribution in [0.25, 0.3) is 0 Å². The van der Waals surface area contributed by atoms with Crippen LogP contribution in [0.5, 0.6) is 0 Å². The summed E-state index contributed by atoms with van der Waals surface area (Å²) in [5.41, 5.74) is 0. The molecule has 0 saturated heterocycles. The monoisotopic (exact) mass is 273 g/mol. The van der Waals surface area contributed by atoms with Crippen molar-refractivity contribution in [2.24, 2.45) is 0 Å². The predicted molar refractivity (Wildman–Crippen MR) is 86.8 cm³/mol. The first-order chi connectivity index (χ1) is 9.22. The number of hydroxylamine groups is 2. The quantitative estimate of drug-likeness (QED) is 0.346. The van der Waals surface area contributed by atoms with Crippen molar-refractivity contribution in [3.8, 4) is 0 Å². The van der Waals surface area contributed by atoms with Crippen molar-refractivity contribution in [1.82, 2.24) is 5.06 Å². The van der Waals surface area contributed by atoms with Crippen LogP contribution in [-0.4, -0.2) is 23.4 Å². The average Bonchev–Trinajstić information content (AvgIpc) is 2.39. The van der Waals surface area contributed by atoms with Gasteiger partial charge >= 0.3 is 0 Å². The standard InChI is InChI=1S/C14H31NO.C3H8/c1-3-5-7-9-11-13-15(16)14-12-10-8-6-4-2;1-3-2/h16H,3-14H2,1-2H3;3H2,1-2H3. The third-order valence-corrected chi connectivity index (χ3v) is 3.04. The fourth-order valence-corrected chi connectivity index (χ4v) is 1.91. The zero-order valence-electron chi connectivity index (χ0n) is 14.1. The van der Waals surface area contributed by atoms with E-state index >= 15 is 0 Å². The van der Waals surface area contributed by atoms with E-state index in [2.05, 4.69) is 27.7 Å². The van der Waals surface area contributed by atoms with Crippen LogP contribution in [0.15, 0.2) is 0 Å². The Labute approximate surface area is 122 Å². The molecule has 0 heterocycles. The minimum Gasteiger partial charge on any atom is -0.314 e. The molecule has 0 aliphatic carbocycles. The van der Waals surface area contributed by atoms with Gasteiger partial charge in [0.2, 0.25) is 0 Å². The molecule has 0 saturated carbocycles. The smallest absolute Gasteiger partial charge is 0.0238 e. The van der Waals surface area contributed by atoms with E-state index in [1.165, 1.54) is 62.9 Å². The molecule has 0 aromatic rings. The number of hydrogen-bond donors (Lipinski definition) is 1. The lowest BCUT2D eigenvalue weighted by Crippen LogP contribution is -2.21. The molecule has 0 rings (SSSR count). The second-order valence-electron chi connectivity index (χ2n) is 5.49. The first-order valence-electron chi connectivity index (χ1n) is 8.66. The van der Waals surface area contributed by atoms with Crippen LogP contribution in [0.1, 0.15) is 98.3 Å². The Kier molecular flexibility index (Phi) is 22.6. The summed E-state index contributed by atoms with van der Waals surface area (Å²) in [5, 5.41) is 11.1. The lowest BCUT2D eigenvalue weighted by Gasteiger charge is -2.14. The summed E-state index contributed by atoms with van der Waals surface area (Å²) in [6, 6.07) is 0. The van der Waals surface area contributed by atoms with Crippen molar-refractivity contribution < 1.29 is 5.21 Å². The molecule has 0 aromatic carbocycles. The molecular formula is C17H39NO. The third kappa shape index (κ3) is 23.4. The Morgan fingerprint density at radius 1 is 0.579 bits per heavy atom. The van der Waals surface area contributed by atoms with Crippen molar-refractivity contribution in [2.45, 2.75) is 98.3 Å². The van der Waals surface area contributed by atoms with Crippen LogP contribution >= 0.6 is 0 Å². The number of nitrogens with zero attached hydrogens (tertiary/aromatic N) is 1. The van der Waals surface area contributed by atoms with Crippen LogP contribution in [0.3, 0.4) is 0 Å². The number of unbranched alkanes of at least 4 members (excludes halogenated alkanes) is 8. The van der Waals surface area contributed by atoms with Crippen LogP contribution in [-0.2, 0) is 0 Å². The van der Waals surface area contributed by atoms with Crippen LogP contribution in [0.4, 0.5) is 0 Å². The van der Waals surface area contributed by atoms with Gasteiger partial charge in [-0.15, -0.1) is 0 Å². The Balaban J connectivity index is 0. The highest BCUT2D eigenvalue weighted by Crippen LogP contribution is 2.05. The van der Waals surface area contributed by atoms with Gasteiger partial charge in [0, 0.05) is 13.1 Å². The minimum atomic E-state index is 0.859. The molecule has 0 unspecified atom stereocenters. The zero-order valence-corrected chi connectivity index (χ0v) is 14.1. The van der Waals surface area contributed by atoms with Gasteiger partial charge in [-0.25, -0.2) is 0 Å². The topological polar surface area (TPSA) is 23.5 Å². The maximum Gasteiger partial charge on any atom is 0.0238 e. The predicted octanol–water partition coefficient (Wildman–Crippen LogP) is 6.03. The van der Waals surface area contributed by atoms with E-state index in [-0.39, 0.29) is 0 Å². The Bertz CT molecular complexity index is 125. The molecule has 0 aromatic heterocycles. The first kappa shape index (κ1) is 21.2. The van der Waals surface area contributed by atoms with Crippen molar-refractivity contribution in [2.75, 3.05) is 13.1 Å². The normalized spacial score (nSPS) is 10.4. The van der Waals surface area contributed by atoms with Crippen molar-refractivity contribution in [3.05, 3.63) is 0 Å². The molecule has 0 bridgehead atoms. The number of rotatable bonds is 12. The highest BCUT2D eigenvalue weighted by Gasteiger charge is 1.99. The molecule has 0 spiro atoms. The highest BCUT2D eigenvalue weighted by atomic mass is 16.5. The van der Waals surface area contributed by atoms with Gasteiger partial charge < -0.3 is 5.21 Å². The summed E-state index contributed by atoms with van der Waals surface area (Å²) in [7, 11) is 0. The van der Waals surface area contributed by atoms with E-state index in [9.17, 15) is 5.21 Å². The van der Waals surface area contributed by atoms with Gasteiger partial charge in [-0.1, -0.05) is 85.5 Å². The van der Waals surface area contributed by atoms with E-state index in [1.54, 1.807) is 0 Å². The van der Waals surface area contributed by atoms with Gasteiger partial charge in [0.1, 0.15) is 0 Å². The van der Waals surface area contributed by atoms with Crippen LogP contribution < -0.4 is 0 Å². The van der Waals surface area contributed by atoms with Crippen molar-refractivity contribution >= 4 is 0 Å². The minimum absolute atomic E-state index is 0.859. The SMILES string of the molecule is CCC.CCCCCCCN(O)CCCCCCC. The molecule has 0 radical (unpaired) electrons. The summed E-state index contributed by atoms with van der Waals surface area (Å²) in [4.78, 5) is 0. The van der Waals surface area contributed by atoms with Crippen molar-refractivity contribution in [3.63, 3.8) is 0 Å². The summed E-state index contributed by atoms with van der Waals surface area (Å²) < 4.78 is 0. The first-order valence-corrected chi connectivity index (χ1v) is 8.66. The molecule has 0 aliphatic heterocycles. The number of hydrogen-bond acceptors (Lipinski definition) is 2. The van der Waals surface area contributed by atoms with E-state index in [0.29, 0.717) is 0 Å². The van der Waals surface area contributed by atoms with E-state index < -0.39 is 0 Å². The highest BCUT2D eigenvalue weighted by molar-refractivity contribution is 4.50. The van der Waals surface area contributed by atoms with E-state index in [1.807, 2.05) is 0 Å². The molecule has 0 fully saturated rings. The second-order valence-corrected chi connectivity index (χ2v) is 5.49. The average molecular weight is 274 g/mol. The van der Waals surface area contributed by atoms with Gasteiger partial charge in [-0.3, -0.25) is 0 Å². The molecule has 19 heavy (non-hydrogen) atoms. The molecule has 0 atom stereocenters. The van der Waals surface area contributed by atoms with Crippen molar-refractivity contribution in [1.29, 1.82) is 0 Å². The summed E-state index contributed by atoms with van der Waals surface area (Å²) >= 11 is 0. The van der Waals surface area contributed by atoms with Gasteiger partial charge in [0.15, 0.2) is 0 Å². The summed E-state index contributed by atoms with van der Waals surface area (Å²) in [6.45, 7) is 10.4. The molecule has 118 valence electrons. The lowest BCUT2D eigenvalue weighted by molar-refractivity contribution is -0.0925. The molecule has 1 N–H and O–H groups in total. The maximum absolute atomic E-state index is 9.60. The van der Waals surface area contributed by atoms with E-state index in [0.717, 1.165) is 25.9 Å². The summed E-state index contributed by atoms with van der Waals surface area (Å²) in [5.74, 6) is 0. The molecular weight excluding hydrogens is 234 g/mol. The maximum atomic E-state index is 9.60. The van der Waals surface area contributed by atoms with Crippen LogP contribution in [0.2, 0.25) is 0 Å². The molecule has 0 aliphatic rings. The zero-order chi connectivity index (χ0) is 14.8. The van der Waals surface area contributed by atoms with Crippen LogP contribution in [0, 0.1) is 0 Å².